The fourth-order valence-electron chi connectivity index (χ4n) is 5.51. The van der Waals surface area contributed by atoms with Crippen LogP contribution in [0, 0.1) is 0 Å². The number of aromatic nitrogens is 4. The third-order valence-electron chi connectivity index (χ3n) is 7.82. The average Bonchev–Trinajstić information content (AvgIpc) is 3.39. The van der Waals surface area contributed by atoms with E-state index in [4.69, 9.17) is 5.73 Å². The number of pyridine rings is 1. The second-order valence-corrected chi connectivity index (χ2v) is 10.6. The molecule has 6 rings (SSSR count). The number of fused-ring (bicyclic) bond motifs is 1. The SMILES string of the molecule is CN1CCC(n2cc(-c3ccc(NC(=O)c4cccn(-c5cccc(C(F)(F)F)c5)c4=O)cc3)c3c(N)ncnc32)CC1. The van der Waals surface area contributed by atoms with Crippen molar-refractivity contribution in [1.29, 1.82) is 0 Å². The molecule has 2 aromatic carbocycles. The summed E-state index contributed by atoms with van der Waals surface area (Å²) in [5.74, 6) is -0.305. The standard InChI is InChI=1S/C31H28F3N7O2/c1-39-14-11-22(12-15-39)41-17-25(26-27(35)36-18-37-28(26)41)19-7-9-21(10-8-19)38-29(42)24-6-3-13-40(30(24)43)23-5-2-4-20(16-23)31(32,33)34/h2-10,13,16-18,22H,11-12,14-15H2,1H3,(H,38,42)(H2,35,36,37). The number of hydrogen-bond donors (Lipinski definition) is 2. The van der Waals surface area contributed by atoms with E-state index in [0.29, 0.717) is 11.5 Å². The lowest BCUT2D eigenvalue weighted by Crippen LogP contribution is -2.31. The van der Waals surface area contributed by atoms with Crippen molar-refractivity contribution in [3.05, 3.63) is 101 Å². The van der Waals surface area contributed by atoms with Crippen molar-refractivity contribution in [3.8, 4) is 16.8 Å². The molecular weight excluding hydrogens is 559 g/mol. The summed E-state index contributed by atoms with van der Waals surface area (Å²) in [5.41, 5.74) is 7.38. The topological polar surface area (TPSA) is 111 Å². The maximum Gasteiger partial charge on any atom is 0.416 e. The fourth-order valence-corrected chi connectivity index (χ4v) is 5.51. The minimum atomic E-state index is -4.57. The van der Waals surface area contributed by atoms with Crippen LogP contribution in [0.5, 0.6) is 0 Å². The van der Waals surface area contributed by atoms with Gasteiger partial charge in [0, 0.05) is 35.4 Å². The smallest absolute Gasteiger partial charge is 0.383 e. The number of carbonyl (C=O) groups is 1. The number of amides is 1. The summed E-state index contributed by atoms with van der Waals surface area (Å²) in [6, 6.07) is 14.5. The first-order valence-corrected chi connectivity index (χ1v) is 13.7. The quantitative estimate of drug-likeness (QED) is 0.286. The highest BCUT2D eigenvalue weighted by Crippen LogP contribution is 2.37. The number of alkyl halides is 3. The molecule has 1 amide bonds. The van der Waals surface area contributed by atoms with Crippen molar-refractivity contribution in [1.82, 2.24) is 24.0 Å². The van der Waals surface area contributed by atoms with Crippen LogP contribution in [0.25, 0.3) is 27.8 Å². The third-order valence-corrected chi connectivity index (χ3v) is 7.82. The molecule has 0 aliphatic carbocycles. The van der Waals surface area contributed by atoms with Gasteiger partial charge in [0.05, 0.1) is 10.9 Å². The molecule has 0 saturated carbocycles. The van der Waals surface area contributed by atoms with Gasteiger partial charge in [0.2, 0.25) is 0 Å². The van der Waals surface area contributed by atoms with Crippen LogP contribution in [0.4, 0.5) is 24.7 Å². The molecule has 1 aliphatic rings. The Hall–Kier alpha value is -4.97. The maximum absolute atomic E-state index is 13.2. The lowest BCUT2D eigenvalue weighted by molar-refractivity contribution is -0.137. The van der Waals surface area contributed by atoms with E-state index in [1.165, 1.54) is 36.8 Å². The van der Waals surface area contributed by atoms with Gasteiger partial charge in [-0.1, -0.05) is 18.2 Å². The molecule has 220 valence electrons. The number of likely N-dealkylation sites (tertiary alicyclic amines) is 1. The molecule has 1 saturated heterocycles. The molecular formula is C31H28F3N7O2. The largest absolute Gasteiger partial charge is 0.416 e. The highest BCUT2D eigenvalue weighted by Gasteiger charge is 2.30. The fraction of sp³-hybridized carbons (Fsp3) is 0.226. The van der Waals surface area contributed by atoms with E-state index in [2.05, 4.69) is 38.0 Å². The van der Waals surface area contributed by atoms with Crippen LogP contribution in [-0.2, 0) is 6.18 Å². The van der Waals surface area contributed by atoms with Gasteiger partial charge in [0.25, 0.3) is 11.5 Å². The lowest BCUT2D eigenvalue weighted by Gasteiger charge is -2.30. The van der Waals surface area contributed by atoms with Crippen molar-refractivity contribution in [2.24, 2.45) is 0 Å². The van der Waals surface area contributed by atoms with E-state index >= 15 is 0 Å². The Morgan fingerprint density at radius 2 is 1.77 bits per heavy atom. The highest BCUT2D eigenvalue weighted by molar-refractivity contribution is 6.04. The Balaban J connectivity index is 1.26. The monoisotopic (exact) mass is 587 g/mol. The van der Waals surface area contributed by atoms with Crippen LogP contribution >= 0.6 is 0 Å². The van der Waals surface area contributed by atoms with Gasteiger partial charge in [0.1, 0.15) is 23.4 Å². The first-order valence-electron chi connectivity index (χ1n) is 13.7. The van der Waals surface area contributed by atoms with Crippen molar-refractivity contribution in [2.75, 3.05) is 31.2 Å². The summed E-state index contributed by atoms with van der Waals surface area (Å²) in [4.78, 5) is 37.2. The Kier molecular flexibility index (Phi) is 7.22. The summed E-state index contributed by atoms with van der Waals surface area (Å²) in [7, 11) is 2.11. The zero-order chi connectivity index (χ0) is 30.3. The number of piperidine rings is 1. The minimum Gasteiger partial charge on any atom is -0.383 e. The number of hydrogen-bond acceptors (Lipinski definition) is 6. The zero-order valence-corrected chi connectivity index (χ0v) is 23.2. The molecule has 4 heterocycles. The summed E-state index contributed by atoms with van der Waals surface area (Å²) < 4.78 is 42.8. The minimum absolute atomic E-state index is 0.00138. The van der Waals surface area contributed by atoms with Gasteiger partial charge in [-0.2, -0.15) is 13.2 Å². The number of carbonyl (C=O) groups excluding carboxylic acids is 1. The molecule has 0 unspecified atom stereocenters. The number of nitrogens with two attached hydrogens (primary N) is 1. The van der Waals surface area contributed by atoms with Crippen LogP contribution in [0.3, 0.4) is 0 Å². The Labute approximate surface area is 244 Å². The van der Waals surface area contributed by atoms with Gasteiger partial charge < -0.3 is 20.5 Å². The van der Waals surface area contributed by atoms with Gasteiger partial charge >= 0.3 is 6.18 Å². The number of nitrogens with zero attached hydrogens (tertiary/aromatic N) is 5. The molecule has 12 heteroatoms. The number of anilines is 2. The predicted molar refractivity (Wildman–Crippen MR) is 158 cm³/mol. The first-order chi connectivity index (χ1) is 20.6. The van der Waals surface area contributed by atoms with E-state index in [-0.39, 0.29) is 17.3 Å². The molecule has 3 aromatic heterocycles. The average molecular weight is 588 g/mol. The van der Waals surface area contributed by atoms with Gasteiger partial charge in [-0.05, 0) is 81.0 Å². The second-order valence-electron chi connectivity index (χ2n) is 10.6. The first kappa shape index (κ1) is 28.2. The van der Waals surface area contributed by atoms with E-state index in [9.17, 15) is 22.8 Å². The van der Waals surface area contributed by atoms with Gasteiger partial charge in [-0.25, -0.2) is 9.97 Å². The molecule has 0 radical (unpaired) electrons. The van der Waals surface area contributed by atoms with Crippen molar-refractivity contribution < 1.29 is 18.0 Å². The van der Waals surface area contributed by atoms with Crippen LogP contribution in [-0.4, -0.2) is 50.0 Å². The predicted octanol–water partition coefficient (Wildman–Crippen LogP) is 5.37. The Bertz CT molecular complexity index is 1870. The summed E-state index contributed by atoms with van der Waals surface area (Å²) in [5, 5.41) is 3.47. The number of nitrogen functional groups attached to an aromatic ring is 1. The molecule has 0 bridgehead atoms. The lowest BCUT2D eigenvalue weighted by atomic mass is 10.1. The van der Waals surface area contributed by atoms with Crippen LogP contribution in [0.2, 0.25) is 0 Å². The molecule has 5 aromatic rings. The molecule has 3 N–H and O–H groups in total. The third kappa shape index (κ3) is 5.48. The Morgan fingerprint density at radius 3 is 2.49 bits per heavy atom. The van der Waals surface area contributed by atoms with Crippen molar-refractivity contribution in [2.45, 2.75) is 25.1 Å². The number of benzene rings is 2. The van der Waals surface area contributed by atoms with Gasteiger partial charge in [0.15, 0.2) is 0 Å². The molecule has 0 spiro atoms. The molecule has 43 heavy (non-hydrogen) atoms. The molecule has 9 nitrogen and oxygen atoms in total. The van der Waals surface area contributed by atoms with Crippen LogP contribution in [0.15, 0.2) is 84.2 Å². The highest BCUT2D eigenvalue weighted by atomic mass is 19.4. The maximum atomic E-state index is 13.2. The number of rotatable bonds is 5. The number of nitrogens with one attached hydrogen (secondary N) is 1. The van der Waals surface area contributed by atoms with E-state index in [1.54, 1.807) is 12.1 Å². The van der Waals surface area contributed by atoms with Gasteiger partial charge in [-0.15, -0.1) is 0 Å². The van der Waals surface area contributed by atoms with Crippen LogP contribution < -0.4 is 16.6 Å². The van der Waals surface area contributed by atoms with Gasteiger partial charge in [-0.3, -0.25) is 14.2 Å². The van der Waals surface area contributed by atoms with E-state index < -0.39 is 23.2 Å². The molecule has 1 fully saturated rings. The van der Waals surface area contributed by atoms with Crippen molar-refractivity contribution >= 4 is 28.4 Å². The summed E-state index contributed by atoms with van der Waals surface area (Å²) in [6.45, 7) is 1.97. The zero-order valence-electron chi connectivity index (χ0n) is 23.2. The normalized spacial score (nSPS) is 14.7. The second kappa shape index (κ2) is 11.0. The van der Waals surface area contributed by atoms with Crippen molar-refractivity contribution in [3.63, 3.8) is 0 Å². The summed E-state index contributed by atoms with van der Waals surface area (Å²) in [6.07, 6.45) is 2.25. The van der Waals surface area contributed by atoms with Crippen LogP contribution in [0.1, 0.15) is 34.8 Å². The summed E-state index contributed by atoms with van der Waals surface area (Å²) >= 11 is 0. The van der Waals surface area contributed by atoms with E-state index in [1.807, 2.05) is 12.1 Å². The molecule has 1 aliphatic heterocycles. The van der Waals surface area contributed by atoms with E-state index in [0.717, 1.165) is 64.8 Å². The Morgan fingerprint density at radius 1 is 1.02 bits per heavy atom. The molecule has 0 atom stereocenters. The number of halogens is 3.